The molecule has 2 aromatic heterocycles. The summed E-state index contributed by atoms with van der Waals surface area (Å²) in [6, 6.07) is 11.2. The van der Waals surface area contributed by atoms with Crippen LogP contribution in [0.4, 0.5) is 10.7 Å². The number of rotatable bonds is 5. The smallest absolute Gasteiger partial charge is 0.259 e. The molecule has 29 heavy (non-hydrogen) atoms. The lowest BCUT2D eigenvalue weighted by molar-refractivity contribution is 0.102. The molecule has 0 saturated heterocycles. The predicted octanol–water partition coefficient (Wildman–Crippen LogP) is 5.79. The topological polar surface area (TPSA) is 63.8 Å². The highest BCUT2D eigenvalue weighted by Gasteiger charge is 2.28. The molecule has 1 amide bonds. The SMILES string of the molecule is COc1ccccc1NC(=O)c1c(/N=C\c2ccc(C)o2)sc2c1CCC(C)C2. The monoisotopic (exact) mass is 408 g/mol. The van der Waals surface area contributed by atoms with Gasteiger partial charge < -0.3 is 14.5 Å². The summed E-state index contributed by atoms with van der Waals surface area (Å²) in [6.07, 6.45) is 4.66. The second-order valence-corrected chi connectivity index (χ2v) is 8.48. The van der Waals surface area contributed by atoms with Gasteiger partial charge in [0.05, 0.1) is 24.6 Å². The Morgan fingerprint density at radius 2 is 2.14 bits per heavy atom. The van der Waals surface area contributed by atoms with Gasteiger partial charge in [-0.05, 0) is 61.9 Å². The van der Waals surface area contributed by atoms with Crippen LogP contribution < -0.4 is 10.1 Å². The fourth-order valence-electron chi connectivity index (χ4n) is 3.64. The number of methoxy groups -OCH3 is 1. The number of para-hydroxylation sites is 2. The van der Waals surface area contributed by atoms with Gasteiger partial charge in [0.15, 0.2) is 0 Å². The number of aryl methyl sites for hydroxylation is 1. The third-order valence-electron chi connectivity index (χ3n) is 5.15. The molecule has 1 aromatic carbocycles. The normalized spacial score (nSPS) is 16.0. The van der Waals surface area contributed by atoms with Crippen LogP contribution in [-0.2, 0) is 12.8 Å². The van der Waals surface area contributed by atoms with Gasteiger partial charge in [-0.15, -0.1) is 11.3 Å². The number of ether oxygens (including phenoxy) is 1. The zero-order valence-electron chi connectivity index (χ0n) is 16.8. The number of carbonyl (C=O) groups is 1. The average molecular weight is 409 g/mol. The van der Waals surface area contributed by atoms with Gasteiger partial charge >= 0.3 is 0 Å². The fraction of sp³-hybridized carbons (Fsp3) is 0.304. The minimum Gasteiger partial charge on any atom is -0.495 e. The molecule has 2 heterocycles. The second-order valence-electron chi connectivity index (χ2n) is 7.39. The van der Waals surface area contributed by atoms with Crippen molar-refractivity contribution in [1.29, 1.82) is 0 Å². The standard InChI is InChI=1S/C23H24N2O3S/c1-14-8-11-17-20(12-14)29-23(24-13-16-10-9-15(2)28-16)21(17)22(26)25-18-6-4-5-7-19(18)27-3/h4-7,9-10,13-14H,8,11-12H2,1-3H3,(H,25,26)/b24-13-. The molecule has 6 heteroatoms. The lowest BCUT2D eigenvalue weighted by Crippen LogP contribution is -2.17. The quantitative estimate of drug-likeness (QED) is 0.544. The highest BCUT2D eigenvalue weighted by Crippen LogP contribution is 2.41. The molecule has 0 bridgehead atoms. The first-order valence-corrected chi connectivity index (χ1v) is 10.6. The highest BCUT2D eigenvalue weighted by molar-refractivity contribution is 7.16. The first-order chi connectivity index (χ1) is 14.0. The number of carbonyl (C=O) groups excluding carboxylic acids is 1. The van der Waals surface area contributed by atoms with Crippen LogP contribution in [0.1, 0.15) is 45.7 Å². The van der Waals surface area contributed by atoms with Crippen LogP contribution in [-0.4, -0.2) is 19.2 Å². The minimum atomic E-state index is -0.149. The first kappa shape index (κ1) is 19.5. The molecule has 3 aromatic rings. The average Bonchev–Trinajstić information content (AvgIpc) is 3.29. The number of hydrogen-bond donors (Lipinski definition) is 1. The summed E-state index contributed by atoms with van der Waals surface area (Å²) < 4.78 is 11.0. The maximum absolute atomic E-state index is 13.3. The Hall–Kier alpha value is -2.86. The van der Waals surface area contributed by atoms with Crippen molar-refractivity contribution in [2.75, 3.05) is 12.4 Å². The number of anilines is 1. The summed E-state index contributed by atoms with van der Waals surface area (Å²) in [4.78, 5) is 19.2. The van der Waals surface area contributed by atoms with Crippen LogP contribution in [0.3, 0.4) is 0 Å². The van der Waals surface area contributed by atoms with Crippen LogP contribution in [0.25, 0.3) is 0 Å². The van der Waals surface area contributed by atoms with Crippen LogP contribution >= 0.6 is 11.3 Å². The largest absolute Gasteiger partial charge is 0.495 e. The predicted molar refractivity (Wildman–Crippen MR) is 117 cm³/mol. The molecule has 0 saturated carbocycles. The summed E-state index contributed by atoms with van der Waals surface area (Å²) in [5.74, 6) is 2.62. The summed E-state index contributed by atoms with van der Waals surface area (Å²) >= 11 is 1.61. The van der Waals surface area contributed by atoms with Crippen LogP contribution in [0.2, 0.25) is 0 Å². The molecule has 1 aliphatic carbocycles. The minimum absolute atomic E-state index is 0.149. The number of furan rings is 1. The third kappa shape index (κ3) is 4.12. The van der Waals surface area contributed by atoms with Crippen molar-refractivity contribution in [3.05, 3.63) is 63.9 Å². The van der Waals surface area contributed by atoms with Crippen molar-refractivity contribution in [2.45, 2.75) is 33.1 Å². The van der Waals surface area contributed by atoms with E-state index in [9.17, 15) is 4.79 Å². The van der Waals surface area contributed by atoms with Gasteiger partial charge in [0.2, 0.25) is 0 Å². The number of hydrogen-bond acceptors (Lipinski definition) is 5. The van der Waals surface area contributed by atoms with Gasteiger partial charge in [-0.2, -0.15) is 0 Å². The molecule has 5 nitrogen and oxygen atoms in total. The Morgan fingerprint density at radius 1 is 1.31 bits per heavy atom. The van der Waals surface area contributed by atoms with Crippen LogP contribution in [0.5, 0.6) is 5.75 Å². The number of benzene rings is 1. The van der Waals surface area contributed by atoms with Crippen LogP contribution in [0.15, 0.2) is 45.8 Å². The van der Waals surface area contributed by atoms with Gasteiger partial charge in [-0.25, -0.2) is 4.99 Å². The molecule has 1 unspecified atom stereocenters. The van der Waals surface area contributed by atoms with E-state index in [1.54, 1.807) is 24.7 Å². The number of aliphatic imine (C=N–C) groups is 1. The highest BCUT2D eigenvalue weighted by atomic mass is 32.1. The van der Waals surface area contributed by atoms with E-state index < -0.39 is 0 Å². The summed E-state index contributed by atoms with van der Waals surface area (Å²) in [6.45, 7) is 4.15. The van der Waals surface area contributed by atoms with E-state index >= 15 is 0 Å². The molecule has 0 spiro atoms. The molecule has 0 fully saturated rings. The molecule has 1 N–H and O–H groups in total. The number of amides is 1. The summed E-state index contributed by atoms with van der Waals surface area (Å²) in [5, 5.41) is 3.74. The van der Waals surface area contributed by atoms with Gasteiger partial charge in [0, 0.05) is 4.88 Å². The molecular weight excluding hydrogens is 384 g/mol. The van der Waals surface area contributed by atoms with Crippen molar-refractivity contribution in [1.82, 2.24) is 0 Å². The molecular formula is C23H24N2O3S. The van der Waals surface area contributed by atoms with Gasteiger partial charge in [0.1, 0.15) is 22.3 Å². The Bertz CT molecular complexity index is 1060. The Balaban J connectivity index is 1.70. The summed E-state index contributed by atoms with van der Waals surface area (Å²) in [5.41, 5.74) is 2.45. The number of fused-ring (bicyclic) bond motifs is 1. The number of thiophene rings is 1. The van der Waals surface area contributed by atoms with Gasteiger partial charge in [-0.1, -0.05) is 19.1 Å². The fourth-order valence-corrected chi connectivity index (χ4v) is 4.99. The van der Waals surface area contributed by atoms with E-state index in [0.29, 0.717) is 28.7 Å². The molecule has 0 radical (unpaired) electrons. The molecule has 150 valence electrons. The van der Waals surface area contributed by atoms with Crippen LogP contribution in [0, 0.1) is 12.8 Å². The Kier molecular flexibility index (Phi) is 5.53. The maximum Gasteiger partial charge on any atom is 0.259 e. The van der Waals surface area contributed by atoms with Gasteiger partial charge in [0.25, 0.3) is 5.91 Å². The van der Waals surface area contributed by atoms with Crippen molar-refractivity contribution in [2.24, 2.45) is 10.9 Å². The third-order valence-corrected chi connectivity index (χ3v) is 6.31. The molecule has 0 aliphatic heterocycles. The first-order valence-electron chi connectivity index (χ1n) is 9.74. The van der Waals surface area contributed by atoms with E-state index in [1.807, 2.05) is 43.3 Å². The van der Waals surface area contributed by atoms with Crippen molar-refractivity contribution in [3.63, 3.8) is 0 Å². The van der Waals surface area contributed by atoms with E-state index in [4.69, 9.17) is 9.15 Å². The molecule has 4 rings (SSSR count). The lowest BCUT2D eigenvalue weighted by Gasteiger charge is -2.18. The van der Waals surface area contributed by atoms with Gasteiger partial charge in [-0.3, -0.25) is 4.79 Å². The van der Waals surface area contributed by atoms with Crippen molar-refractivity contribution in [3.8, 4) is 5.75 Å². The van der Waals surface area contributed by atoms with E-state index in [2.05, 4.69) is 17.2 Å². The zero-order chi connectivity index (χ0) is 20.4. The number of nitrogens with one attached hydrogen (secondary N) is 1. The Labute approximate surface area is 174 Å². The van der Waals surface area contributed by atoms with Crippen molar-refractivity contribution < 1.29 is 13.9 Å². The second kappa shape index (κ2) is 8.25. The Morgan fingerprint density at radius 3 is 2.90 bits per heavy atom. The van der Waals surface area contributed by atoms with Crippen molar-refractivity contribution >= 4 is 34.1 Å². The molecule has 1 atom stereocenters. The van der Waals surface area contributed by atoms with E-state index in [-0.39, 0.29) is 5.91 Å². The maximum atomic E-state index is 13.3. The van der Waals surface area contributed by atoms with E-state index in [0.717, 1.165) is 35.6 Å². The number of nitrogens with zero attached hydrogens (tertiary/aromatic N) is 1. The van der Waals surface area contributed by atoms with E-state index in [1.165, 1.54) is 4.88 Å². The summed E-state index contributed by atoms with van der Waals surface area (Å²) in [7, 11) is 1.60. The lowest BCUT2D eigenvalue weighted by atomic mass is 9.88. The zero-order valence-corrected chi connectivity index (χ0v) is 17.6. The molecule has 1 aliphatic rings.